The predicted octanol–water partition coefficient (Wildman–Crippen LogP) is 2.17. The number of aliphatic hydroxyl groups is 1. The summed E-state index contributed by atoms with van der Waals surface area (Å²) in [6.07, 6.45) is -4.52. The molecule has 3 aromatic carbocycles. The van der Waals surface area contributed by atoms with E-state index >= 15 is 0 Å². The molecule has 0 radical (unpaired) electrons. The topological polar surface area (TPSA) is 123 Å². The van der Waals surface area contributed by atoms with Crippen LogP contribution in [0.3, 0.4) is 0 Å². The van der Waals surface area contributed by atoms with E-state index in [1.165, 1.54) is 7.11 Å². The van der Waals surface area contributed by atoms with Crippen molar-refractivity contribution in [3.8, 4) is 0 Å². The lowest BCUT2D eigenvalue weighted by Crippen LogP contribution is -2.66. The Kier molecular flexibility index (Phi) is 8.63. The minimum atomic E-state index is -1.50. The molecule has 0 aliphatic carbocycles. The normalized spacial score (nSPS) is 23.0. The average molecular weight is 505 g/mol. The number of aliphatic hydroxyl groups excluding tert-OH is 1. The fraction of sp³-hybridized carbons (Fsp3) is 0.250. The summed E-state index contributed by atoms with van der Waals surface area (Å²) in [5.41, 5.74) is 1.12. The molecule has 37 heavy (non-hydrogen) atoms. The van der Waals surface area contributed by atoms with E-state index in [-0.39, 0.29) is 12.5 Å². The third-order valence-corrected chi connectivity index (χ3v) is 6.02. The van der Waals surface area contributed by atoms with Crippen molar-refractivity contribution in [3.05, 3.63) is 108 Å². The summed E-state index contributed by atoms with van der Waals surface area (Å²) in [5.74, 6) is -1.46. The fourth-order valence-electron chi connectivity index (χ4n) is 4.14. The van der Waals surface area contributed by atoms with Crippen LogP contribution in [0.5, 0.6) is 0 Å². The molecule has 0 saturated carbocycles. The number of benzene rings is 3. The van der Waals surface area contributed by atoms with Gasteiger partial charge in [0.2, 0.25) is 0 Å². The summed E-state index contributed by atoms with van der Waals surface area (Å²) in [6, 6.07) is 24.4. The van der Waals surface area contributed by atoms with Gasteiger partial charge in [0.25, 0.3) is 11.8 Å². The Hall–Kier alpha value is -4.05. The second kappa shape index (κ2) is 12.3. The van der Waals surface area contributed by atoms with E-state index < -0.39 is 42.5 Å². The third-order valence-electron chi connectivity index (χ3n) is 6.02. The SMILES string of the molecule is CO[C@H]1[C@H](NC(=O)c2ccccc2)[C@H](O)O[C@H](CNC(=O)c2ccccc2)[C@@H]1OC(=O)c1ccccc1. The lowest BCUT2D eigenvalue weighted by Gasteiger charge is -2.44. The number of carbonyl (C=O) groups is 3. The Morgan fingerprint density at radius 3 is 1.84 bits per heavy atom. The Labute approximate surface area is 214 Å². The first-order chi connectivity index (χ1) is 18.0. The van der Waals surface area contributed by atoms with E-state index in [9.17, 15) is 19.5 Å². The highest BCUT2D eigenvalue weighted by molar-refractivity contribution is 5.95. The van der Waals surface area contributed by atoms with Crippen LogP contribution in [0.2, 0.25) is 0 Å². The van der Waals surface area contributed by atoms with E-state index in [0.29, 0.717) is 16.7 Å². The zero-order valence-corrected chi connectivity index (χ0v) is 20.2. The number of ether oxygens (including phenoxy) is 3. The van der Waals surface area contributed by atoms with Gasteiger partial charge >= 0.3 is 5.97 Å². The molecule has 9 nitrogen and oxygen atoms in total. The van der Waals surface area contributed by atoms with E-state index in [2.05, 4.69) is 10.6 Å². The molecule has 4 rings (SSSR count). The summed E-state index contributed by atoms with van der Waals surface area (Å²) in [5, 5.41) is 16.3. The third kappa shape index (κ3) is 6.39. The van der Waals surface area contributed by atoms with Gasteiger partial charge in [-0.05, 0) is 36.4 Å². The predicted molar refractivity (Wildman–Crippen MR) is 134 cm³/mol. The molecular formula is C28H28N2O7. The highest BCUT2D eigenvalue weighted by atomic mass is 16.6. The number of nitrogens with one attached hydrogen (secondary N) is 2. The number of carbonyl (C=O) groups excluding carboxylic acids is 3. The minimum Gasteiger partial charge on any atom is -0.453 e. The van der Waals surface area contributed by atoms with Crippen molar-refractivity contribution in [2.75, 3.05) is 13.7 Å². The van der Waals surface area contributed by atoms with Gasteiger partial charge in [-0.2, -0.15) is 0 Å². The maximum atomic E-state index is 12.9. The summed E-state index contributed by atoms with van der Waals surface area (Å²) in [4.78, 5) is 38.4. The lowest BCUT2D eigenvalue weighted by atomic mass is 9.95. The Bertz CT molecular complexity index is 1190. The standard InChI is InChI=1S/C28H28N2O7/c1-35-24-22(30-26(32)19-13-7-3-8-14-19)28(34)36-21(17-29-25(31)18-11-5-2-6-12-18)23(24)37-27(33)20-15-9-4-10-16-20/h2-16,21-24,28,34H,17H2,1H3,(H,29,31)(H,30,32)/t21-,22+,23+,24+,28-/m1/s1. The average Bonchev–Trinajstić information content (AvgIpc) is 2.95. The molecule has 1 aliphatic rings. The number of hydrogen-bond donors (Lipinski definition) is 3. The van der Waals surface area contributed by atoms with Crippen molar-refractivity contribution >= 4 is 17.8 Å². The van der Waals surface area contributed by atoms with E-state index in [1.54, 1.807) is 91.0 Å². The van der Waals surface area contributed by atoms with Gasteiger partial charge in [-0.1, -0.05) is 54.6 Å². The lowest BCUT2D eigenvalue weighted by molar-refractivity contribution is -0.248. The van der Waals surface area contributed by atoms with Crippen LogP contribution in [0.1, 0.15) is 31.1 Å². The monoisotopic (exact) mass is 504 g/mol. The maximum absolute atomic E-state index is 12.9. The Morgan fingerprint density at radius 2 is 1.30 bits per heavy atom. The number of rotatable bonds is 8. The van der Waals surface area contributed by atoms with Crippen LogP contribution in [-0.2, 0) is 14.2 Å². The Morgan fingerprint density at radius 1 is 0.784 bits per heavy atom. The molecule has 0 aromatic heterocycles. The highest BCUT2D eigenvalue weighted by Gasteiger charge is 2.48. The van der Waals surface area contributed by atoms with Crippen LogP contribution in [0.25, 0.3) is 0 Å². The number of esters is 1. The second-order valence-corrected chi connectivity index (χ2v) is 8.44. The van der Waals surface area contributed by atoms with Gasteiger partial charge in [-0.15, -0.1) is 0 Å². The van der Waals surface area contributed by atoms with Crippen LogP contribution in [0, 0.1) is 0 Å². The van der Waals surface area contributed by atoms with E-state index in [4.69, 9.17) is 14.2 Å². The highest BCUT2D eigenvalue weighted by Crippen LogP contribution is 2.26. The molecule has 0 spiro atoms. The molecule has 3 N–H and O–H groups in total. The van der Waals surface area contributed by atoms with Gasteiger partial charge in [0.1, 0.15) is 18.2 Å². The van der Waals surface area contributed by atoms with Gasteiger partial charge in [-0.3, -0.25) is 9.59 Å². The summed E-state index contributed by atoms with van der Waals surface area (Å²) < 4.78 is 17.2. The van der Waals surface area contributed by atoms with E-state index in [1.807, 2.05) is 0 Å². The van der Waals surface area contributed by atoms with Gasteiger partial charge in [0, 0.05) is 24.8 Å². The first-order valence-electron chi connectivity index (χ1n) is 11.8. The van der Waals surface area contributed by atoms with Crippen LogP contribution < -0.4 is 10.6 Å². The molecule has 1 saturated heterocycles. The number of amides is 2. The van der Waals surface area contributed by atoms with Crippen LogP contribution in [-0.4, -0.2) is 67.2 Å². The van der Waals surface area contributed by atoms with Crippen LogP contribution >= 0.6 is 0 Å². The largest absolute Gasteiger partial charge is 0.453 e. The van der Waals surface area contributed by atoms with Crippen molar-refractivity contribution in [1.82, 2.24) is 10.6 Å². The van der Waals surface area contributed by atoms with Gasteiger partial charge in [-0.25, -0.2) is 4.79 Å². The quantitative estimate of drug-likeness (QED) is 0.402. The van der Waals surface area contributed by atoms with Crippen LogP contribution in [0.4, 0.5) is 0 Å². The molecule has 1 aliphatic heterocycles. The molecule has 1 heterocycles. The fourth-order valence-corrected chi connectivity index (χ4v) is 4.14. The second-order valence-electron chi connectivity index (χ2n) is 8.44. The molecular weight excluding hydrogens is 476 g/mol. The van der Waals surface area contributed by atoms with Crippen molar-refractivity contribution in [1.29, 1.82) is 0 Å². The molecule has 2 amide bonds. The van der Waals surface area contributed by atoms with Crippen molar-refractivity contribution < 1.29 is 33.7 Å². The summed E-state index contributed by atoms with van der Waals surface area (Å²) in [7, 11) is 1.38. The van der Waals surface area contributed by atoms with Crippen LogP contribution in [0.15, 0.2) is 91.0 Å². The summed E-state index contributed by atoms with van der Waals surface area (Å²) >= 11 is 0. The molecule has 0 unspecified atom stereocenters. The molecule has 3 aromatic rings. The first-order valence-corrected chi connectivity index (χ1v) is 11.8. The van der Waals surface area contributed by atoms with Gasteiger partial charge in [0.05, 0.1) is 5.56 Å². The smallest absolute Gasteiger partial charge is 0.338 e. The molecule has 192 valence electrons. The molecule has 9 heteroatoms. The number of methoxy groups -OCH3 is 1. The van der Waals surface area contributed by atoms with E-state index in [0.717, 1.165) is 0 Å². The molecule has 1 fully saturated rings. The van der Waals surface area contributed by atoms with Crippen molar-refractivity contribution in [2.24, 2.45) is 0 Å². The Balaban J connectivity index is 1.55. The van der Waals surface area contributed by atoms with Gasteiger partial charge in [0.15, 0.2) is 12.4 Å². The maximum Gasteiger partial charge on any atom is 0.338 e. The van der Waals surface area contributed by atoms with Crippen molar-refractivity contribution in [3.63, 3.8) is 0 Å². The molecule has 5 atom stereocenters. The first kappa shape index (κ1) is 26.0. The zero-order chi connectivity index (χ0) is 26.2. The minimum absolute atomic E-state index is 0.0866. The molecule has 0 bridgehead atoms. The van der Waals surface area contributed by atoms with Crippen molar-refractivity contribution in [2.45, 2.75) is 30.6 Å². The number of hydrogen-bond acceptors (Lipinski definition) is 7. The zero-order valence-electron chi connectivity index (χ0n) is 20.2. The summed E-state index contributed by atoms with van der Waals surface area (Å²) in [6.45, 7) is -0.0866. The van der Waals surface area contributed by atoms with Gasteiger partial charge < -0.3 is 30.0 Å².